The zero-order chi connectivity index (χ0) is 22.5. The molecule has 1 amide bonds. The average Bonchev–Trinajstić information content (AvgIpc) is 2.72. The van der Waals surface area contributed by atoms with Crippen molar-refractivity contribution >= 4 is 52.6 Å². The molecule has 0 spiro atoms. The minimum absolute atomic E-state index is 0.268. The van der Waals surface area contributed by atoms with Crippen LogP contribution in [-0.4, -0.2) is 12.1 Å². The van der Waals surface area contributed by atoms with Gasteiger partial charge in [-0.3, -0.25) is 4.79 Å². The van der Waals surface area contributed by atoms with E-state index in [9.17, 15) is 10.1 Å². The topological polar surface area (TPSA) is 56.5 Å². The van der Waals surface area contributed by atoms with Crippen LogP contribution in [0.4, 0.5) is 5.69 Å². The molecule has 31 heavy (non-hydrogen) atoms. The maximum Gasteiger partial charge on any atom is 0.244 e. The summed E-state index contributed by atoms with van der Waals surface area (Å²) in [6.45, 7) is 3.27. The van der Waals surface area contributed by atoms with Crippen molar-refractivity contribution in [1.82, 2.24) is 0 Å². The fraction of sp³-hybridized carbons (Fsp3) is 0.125. The van der Waals surface area contributed by atoms with Gasteiger partial charge < -0.3 is 0 Å². The molecule has 0 aliphatic carbocycles. The van der Waals surface area contributed by atoms with Gasteiger partial charge in [0, 0.05) is 27.6 Å². The molecular formula is C24H18Cl3N3O. The second-order valence-electron chi connectivity index (χ2n) is 6.87. The van der Waals surface area contributed by atoms with Crippen LogP contribution >= 0.6 is 34.8 Å². The van der Waals surface area contributed by atoms with Crippen LogP contribution in [0.3, 0.4) is 0 Å². The highest BCUT2D eigenvalue weighted by Gasteiger charge is 2.24. The van der Waals surface area contributed by atoms with Gasteiger partial charge in [0.05, 0.1) is 23.9 Å². The first-order valence-electron chi connectivity index (χ1n) is 9.36. The zero-order valence-corrected chi connectivity index (χ0v) is 19.1. The van der Waals surface area contributed by atoms with E-state index >= 15 is 0 Å². The number of nitrogens with zero attached hydrogens (tertiary/aromatic N) is 3. The molecule has 7 heteroatoms. The number of amides is 1. The number of nitriles is 1. The highest BCUT2D eigenvalue weighted by atomic mass is 35.5. The molecule has 1 unspecified atom stereocenters. The molecule has 3 aromatic rings. The van der Waals surface area contributed by atoms with Crippen LogP contribution in [0.15, 0.2) is 65.8 Å². The van der Waals surface area contributed by atoms with Gasteiger partial charge >= 0.3 is 0 Å². The number of carbonyl (C=O) groups excluding carboxylic acids is 1. The molecule has 0 aromatic heterocycles. The Morgan fingerprint density at radius 2 is 1.71 bits per heavy atom. The third-order valence-corrected chi connectivity index (χ3v) is 5.55. The van der Waals surface area contributed by atoms with Gasteiger partial charge in [-0.05, 0) is 47.9 Å². The first-order chi connectivity index (χ1) is 14.8. The third kappa shape index (κ3) is 5.26. The Labute approximate surface area is 196 Å². The molecule has 0 saturated carbocycles. The van der Waals surface area contributed by atoms with E-state index in [0.717, 1.165) is 16.7 Å². The third-order valence-electron chi connectivity index (χ3n) is 4.69. The first kappa shape index (κ1) is 22.8. The summed E-state index contributed by atoms with van der Waals surface area (Å²) in [6, 6.07) is 20.1. The lowest BCUT2D eigenvalue weighted by molar-refractivity contribution is -0.116. The Hall–Kier alpha value is -2.84. The quantitative estimate of drug-likeness (QED) is 0.298. The van der Waals surface area contributed by atoms with Crippen molar-refractivity contribution < 1.29 is 4.79 Å². The summed E-state index contributed by atoms with van der Waals surface area (Å²) in [6.07, 6.45) is 1.58. The number of hydrogen-bond donors (Lipinski definition) is 0. The van der Waals surface area contributed by atoms with E-state index in [4.69, 9.17) is 34.8 Å². The molecular weight excluding hydrogens is 453 g/mol. The molecule has 156 valence electrons. The Bertz CT molecular complexity index is 1160. The molecule has 0 N–H and O–H groups in total. The SMILES string of the molecule is CC(=O)N(N=Cc1ccccc1)c1cc(Cl)c(C(C#N)c2ccc(Cl)cc2C)c(Cl)c1. The summed E-state index contributed by atoms with van der Waals surface area (Å²) >= 11 is 19.2. The van der Waals surface area contributed by atoms with Gasteiger partial charge in [0.1, 0.15) is 0 Å². The van der Waals surface area contributed by atoms with Crippen LogP contribution < -0.4 is 5.01 Å². The zero-order valence-electron chi connectivity index (χ0n) is 16.8. The molecule has 0 saturated heterocycles. The molecule has 0 heterocycles. The molecule has 3 aromatic carbocycles. The Morgan fingerprint density at radius 3 is 2.26 bits per heavy atom. The number of hydrogen-bond acceptors (Lipinski definition) is 3. The Kier molecular flexibility index (Phi) is 7.35. The van der Waals surface area contributed by atoms with Gasteiger partial charge in [0.2, 0.25) is 5.91 Å². The highest BCUT2D eigenvalue weighted by molar-refractivity contribution is 6.37. The minimum atomic E-state index is -0.690. The second-order valence-corrected chi connectivity index (χ2v) is 8.12. The fourth-order valence-corrected chi connectivity index (χ4v) is 4.14. The van der Waals surface area contributed by atoms with E-state index in [-0.39, 0.29) is 16.0 Å². The number of hydrazone groups is 1. The van der Waals surface area contributed by atoms with Gasteiger partial charge in [-0.25, -0.2) is 5.01 Å². The number of aryl methyl sites for hydroxylation is 1. The van der Waals surface area contributed by atoms with Gasteiger partial charge in [0.25, 0.3) is 0 Å². The number of halogens is 3. The van der Waals surface area contributed by atoms with Gasteiger partial charge in [0.15, 0.2) is 0 Å². The molecule has 1 atom stereocenters. The maximum atomic E-state index is 12.2. The predicted molar refractivity (Wildman–Crippen MR) is 127 cm³/mol. The standard InChI is InChI=1S/C24H18Cl3N3O/c1-15-10-18(25)8-9-20(15)21(13-28)24-22(26)11-19(12-23(24)27)30(16(2)31)29-14-17-6-4-3-5-7-17/h3-12,14,21H,1-2H3. The van der Waals surface area contributed by atoms with E-state index in [1.165, 1.54) is 11.9 Å². The van der Waals surface area contributed by atoms with Crippen LogP contribution in [0.25, 0.3) is 0 Å². The summed E-state index contributed by atoms with van der Waals surface area (Å²) < 4.78 is 0. The predicted octanol–water partition coefficient (Wildman–Crippen LogP) is 7.00. The van der Waals surface area contributed by atoms with E-state index in [2.05, 4.69) is 11.2 Å². The number of benzene rings is 3. The summed E-state index contributed by atoms with van der Waals surface area (Å²) in [5, 5.41) is 16.5. The maximum absolute atomic E-state index is 12.2. The van der Waals surface area contributed by atoms with Crippen molar-refractivity contribution in [2.75, 3.05) is 5.01 Å². The van der Waals surface area contributed by atoms with Crippen LogP contribution in [0.5, 0.6) is 0 Å². The van der Waals surface area contributed by atoms with E-state index in [1.807, 2.05) is 37.3 Å². The normalized spacial score (nSPS) is 11.9. The lowest BCUT2D eigenvalue weighted by Gasteiger charge is -2.20. The number of carbonyl (C=O) groups is 1. The smallest absolute Gasteiger partial charge is 0.244 e. The highest BCUT2D eigenvalue weighted by Crippen LogP contribution is 2.40. The molecule has 0 aliphatic rings. The number of anilines is 1. The van der Waals surface area contributed by atoms with Gasteiger partial charge in [-0.2, -0.15) is 10.4 Å². The lowest BCUT2D eigenvalue weighted by atomic mass is 9.89. The van der Waals surface area contributed by atoms with Gasteiger partial charge in [-0.1, -0.05) is 71.2 Å². The molecule has 0 fully saturated rings. The van der Waals surface area contributed by atoms with Crippen molar-refractivity contribution in [3.05, 3.63) is 98.0 Å². The van der Waals surface area contributed by atoms with E-state index in [0.29, 0.717) is 16.3 Å². The average molecular weight is 471 g/mol. The monoisotopic (exact) mass is 469 g/mol. The van der Waals surface area contributed by atoms with Crippen LogP contribution in [0.2, 0.25) is 15.1 Å². The molecule has 4 nitrogen and oxygen atoms in total. The largest absolute Gasteiger partial charge is 0.273 e. The summed E-state index contributed by atoms with van der Waals surface area (Å²) in [4.78, 5) is 12.2. The van der Waals surface area contributed by atoms with Crippen molar-refractivity contribution in [2.45, 2.75) is 19.8 Å². The lowest BCUT2D eigenvalue weighted by Crippen LogP contribution is -2.22. The van der Waals surface area contributed by atoms with Crippen molar-refractivity contribution in [2.24, 2.45) is 5.10 Å². The van der Waals surface area contributed by atoms with Crippen LogP contribution in [-0.2, 0) is 4.79 Å². The Morgan fingerprint density at radius 1 is 1.06 bits per heavy atom. The minimum Gasteiger partial charge on any atom is -0.273 e. The van der Waals surface area contributed by atoms with Crippen molar-refractivity contribution in [1.29, 1.82) is 5.26 Å². The van der Waals surface area contributed by atoms with Crippen LogP contribution in [0, 0.1) is 18.3 Å². The summed E-state index contributed by atoms with van der Waals surface area (Å²) in [7, 11) is 0. The van der Waals surface area contributed by atoms with E-state index < -0.39 is 5.92 Å². The van der Waals surface area contributed by atoms with Crippen LogP contribution in [0.1, 0.15) is 35.1 Å². The van der Waals surface area contributed by atoms with Gasteiger partial charge in [-0.15, -0.1) is 0 Å². The first-order valence-corrected chi connectivity index (χ1v) is 10.5. The summed E-state index contributed by atoms with van der Waals surface area (Å²) in [5.74, 6) is -0.998. The fourth-order valence-electron chi connectivity index (χ4n) is 3.21. The molecule has 0 bridgehead atoms. The molecule has 0 radical (unpaired) electrons. The Balaban J connectivity index is 2.02. The van der Waals surface area contributed by atoms with Crippen molar-refractivity contribution in [3.63, 3.8) is 0 Å². The summed E-state index contributed by atoms with van der Waals surface area (Å²) in [5.41, 5.74) is 3.32. The van der Waals surface area contributed by atoms with Crippen molar-refractivity contribution in [3.8, 4) is 6.07 Å². The van der Waals surface area contributed by atoms with E-state index in [1.54, 1.807) is 36.5 Å². The molecule has 3 rings (SSSR count). The number of rotatable bonds is 5. The molecule has 0 aliphatic heterocycles. The second kappa shape index (κ2) is 9.98.